The van der Waals surface area contributed by atoms with Crippen LogP contribution in [0.3, 0.4) is 0 Å². The van der Waals surface area contributed by atoms with E-state index in [2.05, 4.69) is 9.97 Å². The molecule has 0 aliphatic rings. The van der Waals surface area contributed by atoms with Crippen LogP contribution in [0.4, 0.5) is 5.82 Å². The molecule has 0 amide bonds. The van der Waals surface area contributed by atoms with Crippen molar-refractivity contribution in [1.82, 2.24) is 9.97 Å². The molecule has 0 radical (unpaired) electrons. The van der Waals surface area contributed by atoms with E-state index in [0.717, 1.165) is 0 Å². The Bertz CT molecular complexity index is 842. The monoisotopic (exact) mass is 347 g/mol. The van der Waals surface area contributed by atoms with E-state index < -0.39 is 28.6 Å². The minimum Gasteiger partial charge on any atom is -0.474 e. The highest BCUT2D eigenvalue weighted by atomic mass is 16.6. The molecule has 1 atom stereocenters. The molecule has 0 aliphatic carbocycles. The van der Waals surface area contributed by atoms with Crippen molar-refractivity contribution in [1.29, 1.82) is 0 Å². The maximum atomic E-state index is 12.6. The molecule has 1 unspecified atom stereocenters. The van der Waals surface area contributed by atoms with E-state index in [-0.39, 0.29) is 17.0 Å². The van der Waals surface area contributed by atoms with Gasteiger partial charge in [-0.1, -0.05) is 0 Å². The zero-order chi connectivity index (χ0) is 18.7. The third kappa shape index (κ3) is 3.49. The highest BCUT2D eigenvalue weighted by Gasteiger charge is 2.28. The van der Waals surface area contributed by atoms with E-state index in [9.17, 15) is 19.7 Å². The summed E-state index contributed by atoms with van der Waals surface area (Å²) in [5.41, 5.74) is 1.40. The number of esters is 1. The number of Topliss-reactive ketones (excluding diaryl/α,β-unsaturated/α-hetero) is 1. The number of rotatable bonds is 6. The quantitative estimate of drug-likeness (QED) is 0.368. The number of aromatic nitrogens is 2. The fourth-order valence-corrected chi connectivity index (χ4v) is 2.46. The van der Waals surface area contributed by atoms with Gasteiger partial charge in [-0.2, -0.15) is 0 Å². The van der Waals surface area contributed by atoms with Gasteiger partial charge in [-0.15, -0.1) is 0 Å². The molecule has 0 saturated carbocycles. The lowest BCUT2D eigenvalue weighted by Gasteiger charge is -2.13. The van der Waals surface area contributed by atoms with Gasteiger partial charge in [-0.25, -0.2) is 4.79 Å². The van der Waals surface area contributed by atoms with Crippen molar-refractivity contribution in [3.05, 3.63) is 51.0 Å². The molecule has 1 N–H and O–H groups in total. The van der Waals surface area contributed by atoms with Crippen LogP contribution < -0.4 is 4.74 Å². The highest BCUT2D eigenvalue weighted by molar-refractivity contribution is 6.03. The van der Waals surface area contributed by atoms with Crippen molar-refractivity contribution >= 4 is 17.6 Å². The molecule has 0 bridgehead atoms. The highest BCUT2D eigenvalue weighted by Crippen LogP contribution is 2.26. The van der Waals surface area contributed by atoms with Crippen LogP contribution in [0.25, 0.3) is 0 Å². The number of methoxy groups -OCH3 is 1. The van der Waals surface area contributed by atoms with E-state index in [1.165, 1.54) is 32.4 Å². The van der Waals surface area contributed by atoms with E-state index in [4.69, 9.17) is 9.47 Å². The number of carbonyl (C=O) groups is 2. The van der Waals surface area contributed by atoms with Crippen molar-refractivity contribution in [2.24, 2.45) is 0 Å². The van der Waals surface area contributed by atoms with E-state index in [0.29, 0.717) is 11.3 Å². The summed E-state index contributed by atoms with van der Waals surface area (Å²) in [7, 11) is 1.25. The fourth-order valence-electron chi connectivity index (χ4n) is 2.46. The number of nitrogens with one attached hydrogen (secondary N) is 1. The zero-order valence-corrected chi connectivity index (χ0v) is 14.2. The molecule has 9 heteroatoms. The molecule has 0 saturated heterocycles. The molecule has 0 aromatic carbocycles. The number of carbonyl (C=O) groups excluding carboxylic acids is 2. The molecule has 0 fully saturated rings. The second-order valence-electron chi connectivity index (χ2n) is 5.32. The number of nitro groups is 1. The lowest BCUT2D eigenvalue weighted by atomic mass is 10.1. The maximum absolute atomic E-state index is 12.6. The first-order valence-electron chi connectivity index (χ1n) is 7.35. The fraction of sp³-hybridized carbons (Fsp3) is 0.312. The summed E-state index contributed by atoms with van der Waals surface area (Å²) in [6.07, 6.45) is 0.239. The second kappa shape index (κ2) is 7.12. The summed E-state index contributed by atoms with van der Waals surface area (Å²) < 4.78 is 10.1. The Hall–Kier alpha value is -3.23. The normalized spacial score (nSPS) is 11.7. The number of aromatic amines is 1. The zero-order valence-electron chi connectivity index (χ0n) is 14.2. The summed E-state index contributed by atoms with van der Waals surface area (Å²) in [6, 6.07) is 2.83. The minimum atomic E-state index is -1.02. The predicted octanol–water partition coefficient (Wildman–Crippen LogP) is 2.37. The first-order valence-corrected chi connectivity index (χ1v) is 7.35. The van der Waals surface area contributed by atoms with Gasteiger partial charge in [0.2, 0.25) is 11.5 Å². The smallest absolute Gasteiger partial charge is 0.406 e. The molecule has 2 rings (SSSR count). The largest absolute Gasteiger partial charge is 0.474 e. The number of nitrogens with zero attached hydrogens (tertiary/aromatic N) is 2. The van der Waals surface area contributed by atoms with Gasteiger partial charge in [0.1, 0.15) is 6.20 Å². The van der Waals surface area contributed by atoms with Gasteiger partial charge in [0, 0.05) is 5.69 Å². The standard InChI is InChI=1S/C16H17N3O6/c1-8-12(16(21)24-4)9(2)18-13(8)14(20)10(3)25-11-6-5-7-17-15(11)19(22)23/h5-7,10,18H,1-4H3. The van der Waals surface area contributed by atoms with Crippen molar-refractivity contribution in [3.63, 3.8) is 0 Å². The Morgan fingerprint density at radius 1 is 1.36 bits per heavy atom. The van der Waals surface area contributed by atoms with Crippen LogP contribution in [0.2, 0.25) is 0 Å². The topological polar surface area (TPSA) is 124 Å². The SMILES string of the molecule is COC(=O)c1c(C)[nH]c(C(=O)C(C)Oc2cccnc2[N+](=O)[O-])c1C. The van der Waals surface area contributed by atoms with Gasteiger partial charge in [0.25, 0.3) is 0 Å². The number of aryl methyl sites for hydroxylation is 1. The van der Waals surface area contributed by atoms with Gasteiger partial charge in [0.05, 0.1) is 18.4 Å². The van der Waals surface area contributed by atoms with Gasteiger partial charge in [-0.3, -0.25) is 4.79 Å². The average molecular weight is 347 g/mol. The Morgan fingerprint density at radius 2 is 2.04 bits per heavy atom. The molecular weight excluding hydrogens is 330 g/mol. The molecule has 2 heterocycles. The Kier molecular flexibility index (Phi) is 5.16. The average Bonchev–Trinajstić information content (AvgIpc) is 2.88. The van der Waals surface area contributed by atoms with E-state index in [1.807, 2.05) is 0 Å². The lowest BCUT2D eigenvalue weighted by molar-refractivity contribution is -0.390. The molecule has 0 spiro atoms. The van der Waals surface area contributed by atoms with Gasteiger partial charge >= 0.3 is 11.8 Å². The minimum absolute atomic E-state index is 0.109. The third-order valence-electron chi connectivity index (χ3n) is 3.67. The number of hydrogen-bond acceptors (Lipinski definition) is 7. The second-order valence-corrected chi connectivity index (χ2v) is 5.32. The molecule has 0 aliphatic heterocycles. The Balaban J connectivity index is 2.30. The first kappa shape index (κ1) is 18.1. The first-order chi connectivity index (χ1) is 11.8. The van der Waals surface area contributed by atoms with Crippen LogP contribution >= 0.6 is 0 Å². The van der Waals surface area contributed by atoms with Crippen LogP contribution in [0.1, 0.15) is 39.0 Å². The molecule has 132 valence electrons. The number of H-pyrrole nitrogens is 1. The van der Waals surface area contributed by atoms with Gasteiger partial charge in [-0.05, 0) is 48.4 Å². The Morgan fingerprint density at radius 3 is 2.64 bits per heavy atom. The summed E-state index contributed by atoms with van der Waals surface area (Å²) in [4.78, 5) is 41.2. The van der Waals surface area contributed by atoms with Gasteiger partial charge < -0.3 is 24.6 Å². The van der Waals surface area contributed by atoms with Crippen molar-refractivity contribution in [2.45, 2.75) is 26.9 Å². The van der Waals surface area contributed by atoms with E-state index >= 15 is 0 Å². The molecule has 2 aromatic rings. The number of hydrogen-bond donors (Lipinski definition) is 1. The number of pyridine rings is 1. The summed E-state index contributed by atoms with van der Waals surface area (Å²) in [5.74, 6) is -1.59. The van der Waals surface area contributed by atoms with Crippen LogP contribution in [0, 0.1) is 24.0 Å². The van der Waals surface area contributed by atoms with Crippen molar-refractivity contribution in [2.75, 3.05) is 7.11 Å². The predicted molar refractivity (Wildman–Crippen MR) is 86.9 cm³/mol. The Labute approximate surface area is 143 Å². The number of ketones is 1. The molecule has 2 aromatic heterocycles. The summed E-state index contributed by atoms with van der Waals surface area (Å²) >= 11 is 0. The van der Waals surface area contributed by atoms with Crippen LogP contribution in [0.5, 0.6) is 5.75 Å². The van der Waals surface area contributed by atoms with Crippen LogP contribution in [-0.4, -0.2) is 39.9 Å². The van der Waals surface area contributed by atoms with Gasteiger partial charge in [0.15, 0.2) is 6.10 Å². The molecular formula is C16H17N3O6. The molecule has 25 heavy (non-hydrogen) atoms. The summed E-state index contributed by atoms with van der Waals surface area (Å²) in [5, 5.41) is 11.0. The lowest BCUT2D eigenvalue weighted by Crippen LogP contribution is -2.25. The summed E-state index contributed by atoms with van der Waals surface area (Å²) in [6.45, 7) is 4.72. The maximum Gasteiger partial charge on any atom is 0.406 e. The third-order valence-corrected chi connectivity index (χ3v) is 3.67. The van der Waals surface area contributed by atoms with Crippen molar-refractivity contribution < 1.29 is 24.0 Å². The van der Waals surface area contributed by atoms with E-state index in [1.54, 1.807) is 13.8 Å². The van der Waals surface area contributed by atoms with Crippen molar-refractivity contribution in [3.8, 4) is 5.75 Å². The van der Waals surface area contributed by atoms with Crippen LogP contribution in [0.15, 0.2) is 18.3 Å². The molecule has 9 nitrogen and oxygen atoms in total. The van der Waals surface area contributed by atoms with Crippen LogP contribution in [-0.2, 0) is 4.74 Å². The number of ether oxygens (including phenoxy) is 2.